The maximum Gasteiger partial charge on any atom is 0.356 e. The van der Waals surface area contributed by atoms with Crippen LogP contribution in [0.15, 0.2) is 35.6 Å². The number of hydrogen-bond donors (Lipinski definition) is 2. The fourth-order valence-corrected chi connectivity index (χ4v) is 1.92. The van der Waals surface area contributed by atoms with E-state index in [2.05, 4.69) is 10.3 Å². The number of primary amides is 1. The van der Waals surface area contributed by atoms with Crippen LogP contribution in [0.1, 0.15) is 11.3 Å². The Bertz CT molecular complexity index is 781. The molecular weight excluding hydrogens is 350 g/mol. The summed E-state index contributed by atoms with van der Waals surface area (Å²) >= 11 is 5.85. The normalized spacial score (nSPS) is 11.2. The van der Waals surface area contributed by atoms with E-state index in [-0.39, 0.29) is 19.0 Å². The van der Waals surface area contributed by atoms with Gasteiger partial charge in [-0.3, -0.25) is 9.48 Å². The van der Waals surface area contributed by atoms with Crippen molar-refractivity contribution in [2.75, 3.05) is 6.61 Å². The number of benzene rings is 1. The Morgan fingerprint density at radius 2 is 1.96 bits per heavy atom. The standard InChI is InChI=1S/C15H16ClN5O4/c1-9-12(16)6-21(19-9)7-14(23)25-20-15(18)10-2-4-11(5-3-10)24-8-13(17)22/h2-6H,7-8H2,1H3,(H2,17,22)(H2,18,20). The van der Waals surface area contributed by atoms with Gasteiger partial charge in [0.25, 0.3) is 5.91 Å². The molecule has 10 heteroatoms. The maximum atomic E-state index is 11.7. The Hall–Kier alpha value is -3.07. The van der Waals surface area contributed by atoms with Gasteiger partial charge in [0.15, 0.2) is 12.4 Å². The number of carbonyl (C=O) groups is 2. The SMILES string of the molecule is Cc1nn(CC(=O)O/N=C(\N)c2ccc(OCC(N)=O)cc2)cc1Cl. The number of nitrogens with zero attached hydrogens (tertiary/aromatic N) is 3. The number of ether oxygens (including phenoxy) is 1. The molecule has 0 radical (unpaired) electrons. The molecule has 0 aliphatic rings. The van der Waals surface area contributed by atoms with Crippen LogP contribution >= 0.6 is 11.6 Å². The van der Waals surface area contributed by atoms with Gasteiger partial charge in [-0.05, 0) is 31.2 Å². The predicted molar refractivity (Wildman–Crippen MR) is 89.9 cm³/mol. The third kappa shape index (κ3) is 5.50. The quantitative estimate of drug-likeness (QED) is 0.319. The second-order valence-electron chi connectivity index (χ2n) is 4.98. The van der Waals surface area contributed by atoms with Gasteiger partial charge in [0.05, 0.1) is 10.7 Å². The van der Waals surface area contributed by atoms with E-state index in [4.69, 9.17) is 32.6 Å². The first kappa shape index (κ1) is 18.3. The summed E-state index contributed by atoms with van der Waals surface area (Å²) < 4.78 is 6.46. The lowest BCUT2D eigenvalue weighted by Crippen LogP contribution is -2.20. The second kappa shape index (κ2) is 8.15. The fourth-order valence-electron chi connectivity index (χ4n) is 1.76. The van der Waals surface area contributed by atoms with Gasteiger partial charge >= 0.3 is 5.97 Å². The van der Waals surface area contributed by atoms with Gasteiger partial charge in [-0.15, -0.1) is 0 Å². The molecule has 0 saturated heterocycles. The number of hydrogen-bond acceptors (Lipinski definition) is 6. The second-order valence-corrected chi connectivity index (χ2v) is 5.39. The summed E-state index contributed by atoms with van der Waals surface area (Å²) in [6, 6.07) is 6.35. The zero-order valence-electron chi connectivity index (χ0n) is 13.3. The zero-order chi connectivity index (χ0) is 18.4. The molecule has 0 saturated carbocycles. The lowest BCUT2D eigenvalue weighted by atomic mass is 10.2. The molecule has 25 heavy (non-hydrogen) atoms. The highest BCUT2D eigenvalue weighted by atomic mass is 35.5. The fraction of sp³-hybridized carbons (Fsp3) is 0.200. The van der Waals surface area contributed by atoms with E-state index in [1.807, 2.05) is 0 Å². The van der Waals surface area contributed by atoms with E-state index >= 15 is 0 Å². The van der Waals surface area contributed by atoms with Crippen LogP contribution in [-0.4, -0.2) is 34.1 Å². The van der Waals surface area contributed by atoms with Gasteiger partial charge in [0, 0.05) is 11.8 Å². The molecule has 0 unspecified atom stereocenters. The number of nitrogens with two attached hydrogens (primary N) is 2. The van der Waals surface area contributed by atoms with Crippen molar-refractivity contribution in [3.05, 3.63) is 46.7 Å². The van der Waals surface area contributed by atoms with Crippen molar-refractivity contribution >= 4 is 29.3 Å². The van der Waals surface area contributed by atoms with E-state index in [1.54, 1.807) is 31.2 Å². The molecule has 2 rings (SSSR count). The van der Waals surface area contributed by atoms with Gasteiger partial charge in [-0.25, -0.2) is 4.79 Å². The molecule has 0 aliphatic carbocycles. The number of carbonyl (C=O) groups excluding carboxylic acids is 2. The summed E-state index contributed by atoms with van der Waals surface area (Å²) in [5.41, 5.74) is 11.9. The first-order valence-corrected chi connectivity index (χ1v) is 7.47. The monoisotopic (exact) mass is 365 g/mol. The maximum absolute atomic E-state index is 11.7. The Morgan fingerprint density at radius 1 is 1.28 bits per heavy atom. The minimum Gasteiger partial charge on any atom is -0.484 e. The topological polar surface area (TPSA) is 135 Å². The van der Waals surface area contributed by atoms with Gasteiger partial charge in [0.1, 0.15) is 12.3 Å². The van der Waals surface area contributed by atoms with E-state index < -0.39 is 11.9 Å². The molecule has 0 bridgehead atoms. The van der Waals surface area contributed by atoms with E-state index in [1.165, 1.54) is 10.9 Å². The summed E-state index contributed by atoms with van der Waals surface area (Å²) in [5.74, 6) is -0.781. The van der Waals surface area contributed by atoms with Crippen LogP contribution in [0.4, 0.5) is 0 Å². The van der Waals surface area contributed by atoms with Crippen molar-refractivity contribution in [1.82, 2.24) is 9.78 Å². The molecule has 4 N–H and O–H groups in total. The Morgan fingerprint density at radius 3 is 2.52 bits per heavy atom. The van der Waals surface area contributed by atoms with Crippen molar-refractivity contribution in [3.8, 4) is 5.75 Å². The van der Waals surface area contributed by atoms with Crippen LogP contribution in [0.2, 0.25) is 5.02 Å². The molecule has 1 amide bonds. The summed E-state index contributed by atoms with van der Waals surface area (Å²) in [6.07, 6.45) is 1.51. The highest BCUT2D eigenvalue weighted by molar-refractivity contribution is 6.31. The van der Waals surface area contributed by atoms with E-state index in [0.717, 1.165) is 0 Å². The minimum absolute atomic E-state index is 0.00415. The molecule has 1 aromatic heterocycles. The largest absolute Gasteiger partial charge is 0.484 e. The Kier molecular flexibility index (Phi) is 5.96. The van der Waals surface area contributed by atoms with Gasteiger partial charge in [0.2, 0.25) is 0 Å². The summed E-state index contributed by atoms with van der Waals surface area (Å²) in [5, 5.41) is 8.07. The number of amidine groups is 1. The van der Waals surface area contributed by atoms with Crippen LogP contribution in [0.3, 0.4) is 0 Å². The summed E-state index contributed by atoms with van der Waals surface area (Å²) in [7, 11) is 0. The zero-order valence-corrected chi connectivity index (χ0v) is 14.1. The summed E-state index contributed by atoms with van der Waals surface area (Å²) in [6.45, 7) is 1.35. The van der Waals surface area contributed by atoms with Gasteiger partial charge in [-0.1, -0.05) is 16.8 Å². The number of aromatic nitrogens is 2. The first-order valence-electron chi connectivity index (χ1n) is 7.09. The molecule has 0 fully saturated rings. The highest BCUT2D eigenvalue weighted by Gasteiger charge is 2.09. The van der Waals surface area contributed by atoms with Crippen LogP contribution in [-0.2, 0) is 21.0 Å². The third-order valence-corrected chi connectivity index (χ3v) is 3.33. The molecule has 2 aromatic rings. The van der Waals surface area contributed by atoms with E-state index in [0.29, 0.717) is 22.0 Å². The number of halogens is 1. The molecule has 0 spiro atoms. The molecule has 0 aliphatic heterocycles. The number of amides is 1. The van der Waals surface area contributed by atoms with Crippen molar-refractivity contribution in [1.29, 1.82) is 0 Å². The molecule has 1 aromatic carbocycles. The van der Waals surface area contributed by atoms with Crippen molar-refractivity contribution in [3.63, 3.8) is 0 Å². The molecule has 1 heterocycles. The number of rotatable bonds is 7. The van der Waals surface area contributed by atoms with Crippen LogP contribution in [0.25, 0.3) is 0 Å². The average Bonchev–Trinajstić information content (AvgIpc) is 2.88. The molecular formula is C15H16ClN5O4. The van der Waals surface area contributed by atoms with E-state index in [9.17, 15) is 9.59 Å². The van der Waals surface area contributed by atoms with Crippen LogP contribution in [0, 0.1) is 6.92 Å². The molecule has 132 valence electrons. The first-order chi connectivity index (χ1) is 11.8. The number of oxime groups is 1. The summed E-state index contributed by atoms with van der Waals surface area (Å²) in [4.78, 5) is 27.1. The lowest BCUT2D eigenvalue weighted by molar-refractivity contribution is -0.144. The van der Waals surface area contributed by atoms with Gasteiger partial charge < -0.3 is 21.0 Å². The average molecular weight is 366 g/mol. The van der Waals surface area contributed by atoms with Crippen molar-refractivity contribution in [2.45, 2.75) is 13.5 Å². The third-order valence-electron chi connectivity index (χ3n) is 2.95. The highest BCUT2D eigenvalue weighted by Crippen LogP contribution is 2.13. The van der Waals surface area contributed by atoms with Crippen molar-refractivity contribution < 1.29 is 19.2 Å². The minimum atomic E-state index is -0.650. The predicted octanol–water partition coefficient (Wildman–Crippen LogP) is 0.573. The van der Waals surface area contributed by atoms with Crippen LogP contribution < -0.4 is 16.2 Å². The van der Waals surface area contributed by atoms with Crippen molar-refractivity contribution in [2.24, 2.45) is 16.6 Å². The van der Waals surface area contributed by atoms with Crippen LogP contribution in [0.5, 0.6) is 5.75 Å². The lowest BCUT2D eigenvalue weighted by Gasteiger charge is -2.05. The number of aryl methyl sites for hydroxylation is 1. The Labute approximate surface area is 148 Å². The molecule has 9 nitrogen and oxygen atoms in total. The van der Waals surface area contributed by atoms with Gasteiger partial charge in [-0.2, -0.15) is 5.10 Å². The smallest absolute Gasteiger partial charge is 0.356 e. The molecule has 0 atom stereocenters. The Balaban J connectivity index is 1.91.